The summed E-state index contributed by atoms with van der Waals surface area (Å²) in [4.78, 5) is 14.3. The lowest BCUT2D eigenvalue weighted by Crippen LogP contribution is -2.27. The predicted molar refractivity (Wildman–Crippen MR) is 86.3 cm³/mol. The second-order valence-electron chi connectivity index (χ2n) is 3.96. The molecule has 1 saturated heterocycles. The van der Waals surface area contributed by atoms with Crippen molar-refractivity contribution < 1.29 is 9.53 Å². The minimum atomic E-state index is -0.0609. The van der Waals surface area contributed by atoms with Crippen molar-refractivity contribution in [1.82, 2.24) is 4.90 Å². The summed E-state index contributed by atoms with van der Waals surface area (Å²) in [6, 6.07) is 7.45. The van der Waals surface area contributed by atoms with Crippen molar-refractivity contribution in [2.24, 2.45) is 0 Å². The summed E-state index contributed by atoms with van der Waals surface area (Å²) in [5, 5.41) is 0. The predicted octanol–water partition coefficient (Wildman–Crippen LogP) is 2.92. The van der Waals surface area contributed by atoms with Crippen LogP contribution in [0.25, 0.3) is 6.08 Å². The molecule has 102 valence electrons. The van der Waals surface area contributed by atoms with Crippen molar-refractivity contribution in [3.8, 4) is 18.1 Å². The first-order valence-corrected chi connectivity index (χ1v) is 7.30. The molecule has 1 amide bonds. The third-order valence-corrected chi connectivity index (χ3v) is 4.08. The molecule has 0 N–H and O–H groups in total. The van der Waals surface area contributed by atoms with E-state index in [0.29, 0.717) is 21.5 Å². The van der Waals surface area contributed by atoms with Crippen molar-refractivity contribution in [2.45, 2.75) is 6.92 Å². The number of ether oxygens (including phenoxy) is 1. The third kappa shape index (κ3) is 3.03. The quantitative estimate of drug-likeness (QED) is 0.486. The average Bonchev–Trinajstić information content (AvgIpc) is 2.72. The number of nitrogens with zero attached hydrogens (tertiary/aromatic N) is 1. The molecule has 1 fully saturated rings. The topological polar surface area (TPSA) is 29.5 Å². The number of hydrogen-bond acceptors (Lipinski definition) is 4. The van der Waals surface area contributed by atoms with Crippen molar-refractivity contribution in [2.75, 3.05) is 13.2 Å². The second kappa shape index (κ2) is 6.60. The third-order valence-electron chi connectivity index (χ3n) is 2.71. The van der Waals surface area contributed by atoms with Crippen LogP contribution in [0.1, 0.15) is 12.5 Å². The lowest BCUT2D eigenvalue weighted by molar-refractivity contribution is -0.121. The van der Waals surface area contributed by atoms with Crippen LogP contribution in [0.5, 0.6) is 5.75 Å². The van der Waals surface area contributed by atoms with Gasteiger partial charge in [-0.25, -0.2) is 0 Å². The molecule has 1 aliphatic rings. The Morgan fingerprint density at radius 2 is 2.25 bits per heavy atom. The Bertz CT molecular complexity index is 617. The Kier molecular flexibility index (Phi) is 4.83. The molecule has 0 atom stereocenters. The van der Waals surface area contributed by atoms with Crippen LogP contribution < -0.4 is 4.74 Å². The van der Waals surface area contributed by atoms with Gasteiger partial charge in [0, 0.05) is 12.1 Å². The van der Waals surface area contributed by atoms with Gasteiger partial charge in [-0.2, -0.15) is 0 Å². The monoisotopic (exact) mass is 303 g/mol. The highest BCUT2D eigenvalue weighted by molar-refractivity contribution is 8.26. The maximum atomic E-state index is 12.2. The van der Waals surface area contributed by atoms with Gasteiger partial charge in [-0.05, 0) is 19.1 Å². The van der Waals surface area contributed by atoms with Gasteiger partial charge in [0.15, 0.2) is 0 Å². The molecule has 0 bridgehead atoms. The number of likely N-dealkylation sites (N-methyl/N-ethyl adjacent to an activating group) is 1. The van der Waals surface area contributed by atoms with Crippen LogP contribution in [0.15, 0.2) is 29.2 Å². The van der Waals surface area contributed by atoms with E-state index in [1.165, 1.54) is 11.8 Å². The highest BCUT2D eigenvalue weighted by Gasteiger charge is 2.30. The number of thiocarbonyl (C=S) groups is 1. The highest BCUT2D eigenvalue weighted by Crippen LogP contribution is 2.33. The van der Waals surface area contributed by atoms with Gasteiger partial charge in [0.2, 0.25) is 0 Å². The largest absolute Gasteiger partial charge is 0.480 e. The van der Waals surface area contributed by atoms with E-state index in [1.807, 2.05) is 31.2 Å². The molecule has 3 nitrogen and oxygen atoms in total. The molecule has 0 saturated carbocycles. The van der Waals surface area contributed by atoms with Crippen LogP contribution in [-0.4, -0.2) is 28.3 Å². The normalized spacial score (nSPS) is 16.6. The van der Waals surface area contributed by atoms with Crippen LogP contribution in [-0.2, 0) is 4.79 Å². The summed E-state index contributed by atoms with van der Waals surface area (Å²) in [6.45, 7) is 2.68. The SMILES string of the molecule is C#CCOc1ccccc1/C=C1/SC(=S)N(CC)C1=O. The summed E-state index contributed by atoms with van der Waals surface area (Å²) >= 11 is 6.49. The molecular formula is C15H13NO2S2. The van der Waals surface area contributed by atoms with Crippen molar-refractivity contribution >= 4 is 40.3 Å². The molecule has 1 aliphatic heterocycles. The first kappa shape index (κ1) is 14.6. The van der Waals surface area contributed by atoms with Crippen molar-refractivity contribution in [1.29, 1.82) is 0 Å². The first-order chi connectivity index (χ1) is 9.67. The molecule has 0 unspecified atom stereocenters. The molecular weight excluding hydrogens is 290 g/mol. The van der Waals surface area contributed by atoms with Gasteiger partial charge in [-0.1, -0.05) is 48.1 Å². The van der Waals surface area contributed by atoms with Crippen LogP contribution in [0.2, 0.25) is 0 Å². The Hall–Kier alpha value is -1.77. The van der Waals surface area contributed by atoms with E-state index in [0.717, 1.165) is 5.56 Å². The number of hydrogen-bond donors (Lipinski definition) is 0. The molecule has 20 heavy (non-hydrogen) atoms. The number of thioether (sulfide) groups is 1. The van der Waals surface area contributed by atoms with Gasteiger partial charge >= 0.3 is 0 Å². The van der Waals surface area contributed by atoms with Crippen LogP contribution in [0.4, 0.5) is 0 Å². The van der Waals surface area contributed by atoms with E-state index in [4.69, 9.17) is 23.4 Å². The summed E-state index contributed by atoms with van der Waals surface area (Å²) in [5.74, 6) is 3.02. The number of carbonyl (C=O) groups is 1. The molecule has 1 aromatic rings. The maximum Gasteiger partial charge on any atom is 0.266 e. The molecule has 2 rings (SSSR count). The van der Waals surface area contributed by atoms with E-state index in [-0.39, 0.29) is 12.5 Å². The molecule has 5 heteroatoms. The smallest absolute Gasteiger partial charge is 0.266 e. The standard InChI is InChI=1S/C15H13NO2S2/c1-3-9-18-12-8-6-5-7-11(12)10-13-14(17)16(4-2)15(19)20-13/h1,5-8,10H,4,9H2,2H3/b13-10+. The van der Waals surface area contributed by atoms with E-state index >= 15 is 0 Å². The maximum absolute atomic E-state index is 12.2. The molecule has 0 aromatic heterocycles. The summed E-state index contributed by atoms with van der Waals surface area (Å²) in [5.41, 5.74) is 0.819. The Labute approximate surface area is 128 Å². The minimum Gasteiger partial charge on any atom is -0.480 e. The number of carbonyl (C=O) groups excluding carboxylic acids is 1. The molecule has 1 aromatic carbocycles. The van der Waals surface area contributed by atoms with Crippen LogP contribution in [0, 0.1) is 12.3 Å². The van der Waals surface area contributed by atoms with Gasteiger partial charge in [0.05, 0.1) is 4.91 Å². The zero-order valence-electron chi connectivity index (χ0n) is 11.0. The lowest BCUT2D eigenvalue weighted by Gasteiger charge is -2.09. The fraction of sp³-hybridized carbons (Fsp3) is 0.200. The average molecular weight is 303 g/mol. The number of terminal acetylenes is 1. The van der Waals surface area contributed by atoms with Crippen molar-refractivity contribution in [3.63, 3.8) is 0 Å². The van der Waals surface area contributed by atoms with Gasteiger partial charge in [0.1, 0.15) is 16.7 Å². The molecule has 1 heterocycles. The number of amides is 1. The first-order valence-electron chi connectivity index (χ1n) is 6.08. The van der Waals surface area contributed by atoms with E-state index in [9.17, 15) is 4.79 Å². The van der Waals surface area contributed by atoms with Crippen molar-refractivity contribution in [3.05, 3.63) is 34.7 Å². The van der Waals surface area contributed by atoms with E-state index in [1.54, 1.807) is 11.0 Å². The number of benzene rings is 1. The van der Waals surface area contributed by atoms with Gasteiger partial charge in [-0.15, -0.1) is 6.42 Å². The van der Waals surface area contributed by atoms with E-state index in [2.05, 4.69) is 5.92 Å². The summed E-state index contributed by atoms with van der Waals surface area (Å²) in [7, 11) is 0. The minimum absolute atomic E-state index is 0.0609. The molecule has 0 aliphatic carbocycles. The Balaban J connectivity index is 2.30. The zero-order chi connectivity index (χ0) is 14.5. The fourth-order valence-electron chi connectivity index (χ4n) is 1.76. The van der Waals surface area contributed by atoms with Gasteiger partial charge < -0.3 is 4.74 Å². The summed E-state index contributed by atoms with van der Waals surface area (Å²) < 4.78 is 6.05. The van der Waals surface area contributed by atoms with E-state index < -0.39 is 0 Å². The number of para-hydroxylation sites is 1. The Morgan fingerprint density at radius 3 is 2.90 bits per heavy atom. The van der Waals surface area contributed by atoms with Crippen LogP contribution >= 0.6 is 24.0 Å². The highest BCUT2D eigenvalue weighted by atomic mass is 32.2. The number of rotatable bonds is 4. The van der Waals surface area contributed by atoms with Crippen LogP contribution in [0.3, 0.4) is 0 Å². The molecule has 0 spiro atoms. The lowest BCUT2D eigenvalue weighted by atomic mass is 10.2. The van der Waals surface area contributed by atoms with Gasteiger partial charge in [-0.3, -0.25) is 9.69 Å². The van der Waals surface area contributed by atoms with Gasteiger partial charge in [0.25, 0.3) is 5.91 Å². The molecule has 0 radical (unpaired) electrons. The second-order valence-corrected chi connectivity index (χ2v) is 5.63. The zero-order valence-corrected chi connectivity index (χ0v) is 12.6. The summed E-state index contributed by atoms with van der Waals surface area (Å²) in [6.07, 6.45) is 6.99. The Morgan fingerprint density at radius 1 is 1.50 bits per heavy atom. The fourth-order valence-corrected chi connectivity index (χ4v) is 3.14.